The van der Waals surface area contributed by atoms with Crippen LogP contribution in [-0.4, -0.2) is 73.3 Å². The number of pyridine rings is 1. The second-order valence-corrected chi connectivity index (χ2v) is 6.91. The van der Waals surface area contributed by atoms with Crippen molar-refractivity contribution < 1.29 is 9.47 Å². The number of fused-ring (bicyclic) bond motifs is 4. The predicted molar refractivity (Wildman–Crippen MR) is 104 cm³/mol. The van der Waals surface area contributed by atoms with Gasteiger partial charge in [0.05, 0.1) is 18.7 Å². The summed E-state index contributed by atoms with van der Waals surface area (Å²) in [7, 11) is 0. The van der Waals surface area contributed by atoms with Crippen molar-refractivity contribution in [1.29, 1.82) is 0 Å². The largest absolute Gasteiger partial charge is 0.490 e. The number of nitrogens with one attached hydrogen (secondary N) is 1. The zero-order valence-corrected chi connectivity index (χ0v) is 15.7. The van der Waals surface area contributed by atoms with Crippen LogP contribution >= 0.6 is 0 Å². The topological polar surface area (TPSA) is 49.9 Å². The number of hydrogen-bond acceptors (Lipinski definition) is 6. The second kappa shape index (κ2) is 7.68. The highest BCUT2D eigenvalue weighted by Crippen LogP contribution is 2.35. The molecule has 0 aliphatic carbocycles. The summed E-state index contributed by atoms with van der Waals surface area (Å²) >= 11 is 0. The first-order chi connectivity index (χ1) is 12.8. The molecule has 4 heterocycles. The van der Waals surface area contributed by atoms with Gasteiger partial charge in [0, 0.05) is 68.6 Å². The molecule has 3 aliphatic rings. The average molecular weight is 356 g/mol. The van der Waals surface area contributed by atoms with Gasteiger partial charge in [-0.25, -0.2) is 0 Å². The second-order valence-electron chi connectivity index (χ2n) is 6.91. The van der Waals surface area contributed by atoms with Crippen LogP contribution in [-0.2, 0) is 0 Å². The van der Waals surface area contributed by atoms with Crippen LogP contribution in [0.4, 0.5) is 5.69 Å². The van der Waals surface area contributed by atoms with Gasteiger partial charge in [-0.1, -0.05) is 0 Å². The molecular weight excluding hydrogens is 328 g/mol. The van der Waals surface area contributed by atoms with Crippen molar-refractivity contribution >= 4 is 16.6 Å². The summed E-state index contributed by atoms with van der Waals surface area (Å²) in [6.07, 6.45) is 1.86. The van der Waals surface area contributed by atoms with Gasteiger partial charge in [-0.05, 0) is 26.0 Å². The summed E-state index contributed by atoms with van der Waals surface area (Å²) in [5.41, 5.74) is 2.03. The third kappa shape index (κ3) is 3.44. The molecule has 5 rings (SSSR count). The molecule has 0 amide bonds. The minimum atomic E-state index is 0.578. The SMILES string of the molecule is CCOc1cc2nccc(NCC3CN4CCN3CC4)c2cc1OCC. The van der Waals surface area contributed by atoms with Crippen molar-refractivity contribution in [1.82, 2.24) is 14.8 Å². The minimum absolute atomic E-state index is 0.578. The fourth-order valence-electron chi connectivity index (χ4n) is 3.99. The van der Waals surface area contributed by atoms with E-state index in [1.807, 2.05) is 26.1 Å². The molecule has 3 fully saturated rings. The quantitative estimate of drug-likeness (QED) is 0.822. The van der Waals surface area contributed by atoms with E-state index in [-0.39, 0.29) is 0 Å². The Bertz CT molecular complexity index is 759. The summed E-state index contributed by atoms with van der Waals surface area (Å²) in [5.74, 6) is 1.54. The Morgan fingerprint density at radius 1 is 1.08 bits per heavy atom. The maximum Gasteiger partial charge on any atom is 0.163 e. The molecule has 1 unspecified atom stereocenters. The Morgan fingerprint density at radius 2 is 1.81 bits per heavy atom. The summed E-state index contributed by atoms with van der Waals surface area (Å²) in [6.45, 7) is 12.1. The van der Waals surface area contributed by atoms with Gasteiger partial charge in [0.2, 0.25) is 0 Å². The average Bonchev–Trinajstić information content (AvgIpc) is 2.68. The zero-order valence-electron chi connectivity index (χ0n) is 15.7. The van der Waals surface area contributed by atoms with Crippen LogP contribution in [0.3, 0.4) is 0 Å². The highest BCUT2D eigenvalue weighted by atomic mass is 16.5. The number of benzene rings is 1. The Kier molecular flexibility index (Phi) is 5.13. The molecule has 1 aromatic carbocycles. The molecular formula is C20H28N4O2. The lowest BCUT2D eigenvalue weighted by Crippen LogP contribution is -2.62. The van der Waals surface area contributed by atoms with Gasteiger partial charge in [0.15, 0.2) is 11.5 Å². The number of ether oxygens (including phenoxy) is 2. The number of piperazine rings is 3. The van der Waals surface area contributed by atoms with Crippen LogP contribution < -0.4 is 14.8 Å². The van der Waals surface area contributed by atoms with Crippen molar-refractivity contribution in [2.45, 2.75) is 19.9 Å². The minimum Gasteiger partial charge on any atom is -0.490 e. The summed E-state index contributed by atoms with van der Waals surface area (Å²) in [4.78, 5) is 9.70. The predicted octanol–water partition coefficient (Wildman–Crippen LogP) is 2.44. The van der Waals surface area contributed by atoms with Crippen LogP contribution in [0.15, 0.2) is 24.4 Å². The van der Waals surface area contributed by atoms with Gasteiger partial charge in [0.25, 0.3) is 0 Å². The van der Waals surface area contributed by atoms with Crippen LogP contribution in [0.5, 0.6) is 11.5 Å². The highest BCUT2D eigenvalue weighted by Gasteiger charge is 2.31. The lowest BCUT2D eigenvalue weighted by atomic mass is 10.1. The van der Waals surface area contributed by atoms with E-state index in [1.54, 1.807) is 0 Å². The van der Waals surface area contributed by atoms with Crippen molar-refractivity contribution in [2.75, 3.05) is 57.8 Å². The number of aromatic nitrogens is 1. The molecule has 3 saturated heterocycles. The van der Waals surface area contributed by atoms with E-state index in [2.05, 4.69) is 32.2 Å². The van der Waals surface area contributed by atoms with E-state index in [1.165, 1.54) is 26.2 Å². The van der Waals surface area contributed by atoms with Gasteiger partial charge in [-0.15, -0.1) is 0 Å². The van der Waals surface area contributed by atoms with Crippen LogP contribution in [0.1, 0.15) is 13.8 Å². The first kappa shape index (κ1) is 17.4. The van der Waals surface area contributed by atoms with Crippen LogP contribution in [0.2, 0.25) is 0 Å². The smallest absolute Gasteiger partial charge is 0.163 e. The Labute approximate surface area is 155 Å². The molecule has 6 nitrogen and oxygen atoms in total. The molecule has 0 radical (unpaired) electrons. The normalized spacial score (nSPS) is 24.6. The van der Waals surface area contributed by atoms with E-state index in [0.717, 1.165) is 41.2 Å². The summed E-state index contributed by atoms with van der Waals surface area (Å²) in [6, 6.07) is 6.66. The lowest BCUT2D eigenvalue weighted by Gasteiger charge is -2.47. The fourth-order valence-corrected chi connectivity index (χ4v) is 3.99. The number of hydrogen-bond donors (Lipinski definition) is 1. The zero-order chi connectivity index (χ0) is 17.9. The third-order valence-electron chi connectivity index (χ3n) is 5.33. The molecule has 0 spiro atoms. The maximum atomic E-state index is 5.79. The molecule has 6 heteroatoms. The molecule has 1 aromatic heterocycles. The maximum absolute atomic E-state index is 5.79. The number of rotatable bonds is 7. The monoisotopic (exact) mass is 356 g/mol. The first-order valence-electron chi connectivity index (χ1n) is 9.67. The molecule has 1 N–H and O–H groups in total. The van der Waals surface area contributed by atoms with E-state index < -0.39 is 0 Å². The van der Waals surface area contributed by atoms with Crippen molar-refractivity contribution in [3.8, 4) is 11.5 Å². The molecule has 0 saturated carbocycles. The Hall–Kier alpha value is -2.05. The Morgan fingerprint density at radius 3 is 2.46 bits per heavy atom. The van der Waals surface area contributed by atoms with Crippen molar-refractivity contribution in [3.63, 3.8) is 0 Å². The van der Waals surface area contributed by atoms with Gasteiger partial charge in [-0.3, -0.25) is 14.8 Å². The van der Waals surface area contributed by atoms with Crippen molar-refractivity contribution in [3.05, 3.63) is 24.4 Å². The molecule has 3 aliphatic heterocycles. The van der Waals surface area contributed by atoms with Gasteiger partial charge >= 0.3 is 0 Å². The molecule has 2 aromatic rings. The molecule has 26 heavy (non-hydrogen) atoms. The van der Waals surface area contributed by atoms with Gasteiger partial charge in [0.1, 0.15) is 0 Å². The molecule has 2 bridgehead atoms. The number of anilines is 1. The standard InChI is InChI=1S/C20H28N4O2/c1-3-25-19-11-16-17(5-6-21-18(16)12-20(19)26-4-2)22-13-15-14-23-7-9-24(15)10-8-23/h5-6,11-12,15H,3-4,7-10,13-14H2,1-2H3,(H,21,22). The highest BCUT2D eigenvalue weighted by molar-refractivity contribution is 5.93. The van der Waals surface area contributed by atoms with E-state index in [4.69, 9.17) is 9.47 Å². The number of nitrogens with zero attached hydrogens (tertiary/aromatic N) is 3. The van der Waals surface area contributed by atoms with E-state index in [9.17, 15) is 0 Å². The molecule has 1 atom stereocenters. The van der Waals surface area contributed by atoms with Crippen LogP contribution in [0, 0.1) is 0 Å². The lowest BCUT2D eigenvalue weighted by molar-refractivity contribution is 0.0189. The van der Waals surface area contributed by atoms with E-state index >= 15 is 0 Å². The van der Waals surface area contributed by atoms with Crippen molar-refractivity contribution in [2.24, 2.45) is 0 Å². The van der Waals surface area contributed by atoms with Gasteiger partial charge < -0.3 is 14.8 Å². The summed E-state index contributed by atoms with van der Waals surface area (Å²) in [5, 5.41) is 4.74. The Balaban J connectivity index is 1.57. The first-order valence-corrected chi connectivity index (χ1v) is 9.67. The molecule has 140 valence electrons. The van der Waals surface area contributed by atoms with Crippen LogP contribution in [0.25, 0.3) is 10.9 Å². The third-order valence-corrected chi connectivity index (χ3v) is 5.33. The van der Waals surface area contributed by atoms with Gasteiger partial charge in [-0.2, -0.15) is 0 Å². The summed E-state index contributed by atoms with van der Waals surface area (Å²) < 4.78 is 11.5. The fraction of sp³-hybridized carbons (Fsp3) is 0.550. The van der Waals surface area contributed by atoms with E-state index in [0.29, 0.717) is 19.3 Å².